The van der Waals surface area contributed by atoms with Crippen LogP contribution in [-0.4, -0.2) is 22.2 Å². The minimum Gasteiger partial charge on any atom is -0.497 e. The second kappa shape index (κ2) is 6.68. The zero-order valence-electron chi connectivity index (χ0n) is 12.8. The third-order valence-corrected chi connectivity index (χ3v) is 4.05. The van der Waals surface area contributed by atoms with Crippen molar-refractivity contribution in [2.75, 3.05) is 7.11 Å². The Kier molecular flexibility index (Phi) is 4.91. The maximum absolute atomic E-state index is 11.3. The van der Waals surface area contributed by atoms with Gasteiger partial charge in [0.05, 0.1) is 18.4 Å². The smallest absolute Gasteiger partial charge is 0.118 e. The molecule has 4 heteroatoms. The van der Waals surface area contributed by atoms with Crippen LogP contribution in [0.1, 0.15) is 43.9 Å². The van der Waals surface area contributed by atoms with Crippen molar-refractivity contribution in [1.82, 2.24) is 9.97 Å². The molecule has 1 N–H and O–H groups in total. The maximum Gasteiger partial charge on any atom is 0.118 e. The third kappa shape index (κ3) is 3.05. The van der Waals surface area contributed by atoms with Crippen molar-refractivity contribution in [3.8, 4) is 5.75 Å². The largest absolute Gasteiger partial charge is 0.497 e. The standard InChI is InChI=1S/C17H22N2O2/c1-4-15(16-12-18-10-11-19-16)17(20,5-2)13-6-8-14(21-3)9-7-13/h6-12,15,20H,4-5H2,1-3H3/t15-,17-/m1/s1. The predicted octanol–water partition coefficient (Wildman–Crippen LogP) is 3.28. The fraction of sp³-hybridized carbons (Fsp3) is 0.412. The summed E-state index contributed by atoms with van der Waals surface area (Å²) in [6.07, 6.45) is 6.44. The van der Waals surface area contributed by atoms with E-state index in [1.807, 2.05) is 31.2 Å². The molecule has 0 aliphatic carbocycles. The Morgan fingerprint density at radius 1 is 1.19 bits per heavy atom. The quantitative estimate of drug-likeness (QED) is 0.885. The van der Waals surface area contributed by atoms with Crippen LogP contribution >= 0.6 is 0 Å². The highest BCUT2D eigenvalue weighted by Crippen LogP contribution is 2.41. The van der Waals surface area contributed by atoms with Gasteiger partial charge in [-0.1, -0.05) is 26.0 Å². The molecule has 21 heavy (non-hydrogen) atoms. The molecule has 0 unspecified atom stereocenters. The third-order valence-electron chi connectivity index (χ3n) is 4.05. The summed E-state index contributed by atoms with van der Waals surface area (Å²) in [6, 6.07) is 7.58. The fourth-order valence-electron chi connectivity index (χ4n) is 2.81. The number of hydrogen-bond acceptors (Lipinski definition) is 4. The average molecular weight is 286 g/mol. The molecule has 0 radical (unpaired) electrons. The lowest BCUT2D eigenvalue weighted by atomic mass is 9.76. The van der Waals surface area contributed by atoms with Gasteiger partial charge in [-0.3, -0.25) is 9.97 Å². The molecule has 0 fully saturated rings. The Morgan fingerprint density at radius 3 is 2.38 bits per heavy atom. The Morgan fingerprint density at radius 2 is 1.90 bits per heavy atom. The summed E-state index contributed by atoms with van der Waals surface area (Å²) < 4.78 is 5.18. The van der Waals surface area contributed by atoms with Gasteiger partial charge in [0.2, 0.25) is 0 Å². The highest BCUT2D eigenvalue weighted by Gasteiger charge is 2.37. The number of rotatable bonds is 6. The summed E-state index contributed by atoms with van der Waals surface area (Å²) in [7, 11) is 1.63. The number of ether oxygens (including phenoxy) is 1. The van der Waals surface area contributed by atoms with Crippen molar-refractivity contribution in [2.24, 2.45) is 0 Å². The lowest BCUT2D eigenvalue weighted by Crippen LogP contribution is -2.33. The number of benzene rings is 1. The van der Waals surface area contributed by atoms with Crippen molar-refractivity contribution in [1.29, 1.82) is 0 Å². The van der Waals surface area contributed by atoms with E-state index < -0.39 is 5.60 Å². The van der Waals surface area contributed by atoms with Crippen LogP contribution in [0, 0.1) is 0 Å². The minimum absolute atomic E-state index is 0.0930. The number of aliphatic hydroxyl groups is 1. The molecule has 2 atom stereocenters. The number of aromatic nitrogens is 2. The van der Waals surface area contributed by atoms with Crippen molar-refractivity contribution < 1.29 is 9.84 Å². The van der Waals surface area contributed by atoms with Gasteiger partial charge in [-0.05, 0) is 30.5 Å². The summed E-state index contributed by atoms with van der Waals surface area (Å²) in [5.41, 5.74) is 0.736. The molecule has 0 aliphatic rings. The second-order valence-corrected chi connectivity index (χ2v) is 5.10. The van der Waals surface area contributed by atoms with Crippen molar-refractivity contribution in [3.05, 3.63) is 54.1 Å². The van der Waals surface area contributed by atoms with Gasteiger partial charge in [0.15, 0.2) is 0 Å². The number of methoxy groups -OCH3 is 1. The van der Waals surface area contributed by atoms with E-state index in [-0.39, 0.29) is 5.92 Å². The molecule has 2 aromatic rings. The van der Waals surface area contributed by atoms with Crippen molar-refractivity contribution >= 4 is 0 Å². The van der Waals surface area contributed by atoms with Crippen LogP contribution in [0.25, 0.3) is 0 Å². The minimum atomic E-state index is -0.961. The first-order valence-corrected chi connectivity index (χ1v) is 7.28. The molecule has 1 aromatic carbocycles. The van der Waals surface area contributed by atoms with Crippen LogP contribution in [-0.2, 0) is 5.60 Å². The van der Waals surface area contributed by atoms with Gasteiger partial charge < -0.3 is 9.84 Å². The van der Waals surface area contributed by atoms with Crippen LogP contribution in [0.4, 0.5) is 0 Å². The Labute approximate surface area is 125 Å². The highest BCUT2D eigenvalue weighted by molar-refractivity contribution is 5.33. The Hall–Kier alpha value is -1.94. The van der Waals surface area contributed by atoms with Gasteiger partial charge in [-0.2, -0.15) is 0 Å². The first-order chi connectivity index (χ1) is 10.2. The second-order valence-electron chi connectivity index (χ2n) is 5.10. The lowest BCUT2D eigenvalue weighted by molar-refractivity contribution is 0.0000408. The number of nitrogens with zero attached hydrogens (tertiary/aromatic N) is 2. The average Bonchev–Trinajstić information content (AvgIpc) is 2.56. The van der Waals surface area contributed by atoms with Gasteiger partial charge in [0, 0.05) is 24.5 Å². The monoisotopic (exact) mass is 286 g/mol. The summed E-state index contributed by atoms with van der Waals surface area (Å²) in [5, 5.41) is 11.3. The normalized spacial score (nSPS) is 15.2. The Balaban J connectivity index is 2.42. The van der Waals surface area contributed by atoms with E-state index in [9.17, 15) is 5.11 Å². The summed E-state index contributed by atoms with van der Waals surface area (Å²) >= 11 is 0. The molecule has 4 nitrogen and oxygen atoms in total. The highest BCUT2D eigenvalue weighted by atomic mass is 16.5. The molecule has 0 bridgehead atoms. The maximum atomic E-state index is 11.3. The van der Waals surface area contributed by atoms with Crippen LogP contribution in [0.5, 0.6) is 5.75 Å². The molecule has 0 saturated carbocycles. The van der Waals surface area contributed by atoms with E-state index in [0.29, 0.717) is 6.42 Å². The van der Waals surface area contributed by atoms with Gasteiger partial charge in [-0.15, -0.1) is 0 Å². The molecule has 1 heterocycles. The van der Waals surface area contributed by atoms with E-state index >= 15 is 0 Å². The zero-order valence-corrected chi connectivity index (χ0v) is 12.8. The van der Waals surface area contributed by atoms with E-state index in [1.54, 1.807) is 25.7 Å². The lowest BCUT2D eigenvalue weighted by Gasteiger charge is -2.35. The first-order valence-electron chi connectivity index (χ1n) is 7.28. The van der Waals surface area contributed by atoms with E-state index in [1.165, 1.54) is 0 Å². The molecule has 2 rings (SSSR count). The molecule has 1 aromatic heterocycles. The van der Waals surface area contributed by atoms with E-state index in [0.717, 1.165) is 23.4 Å². The summed E-state index contributed by atoms with van der Waals surface area (Å²) in [4.78, 5) is 8.50. The van der Waals surface area contributed by atoms with E-state index in [2.05, 4.69) is 16.9 Å². The van der Waals surface area contributed by atoms with Crippen LogP contribution in [0.15, 0.2) is 42.9 Å². The predicted molar refractivity (Wildman–Crippen MR) is 82.2 cm³/mol. The van der Waals surface area contributed by atoms with Gasteiger partial charge in [-0.25, -0.2) is 0 Å². The topological polar surface area (TPSA) is 55.2 Å². The molecular formula is C17H22N2O2. The zero-order chi connectivity index (χ0) is 15.3. The van der Waals surface area contributed by atoms with Crippen molar-refractivity contribution in [2.45, 2.75) is 38.2 Å². The fourth-order valence-corrected chi connectivity index (χ4v) is 2.81. The molecule has 0 spiro atoms. The van der Waals surface area contributed by atoms with E-state index in [4.69, 9.17) is 4.74 Å². The summed E-state index contributed by atoms with van der Waals surface area (Å²) in [6.45, 7) is 4.05. The van der Waals surface area contributed by atoms with Gasteiger partial charge >= 0.3 is 0 Å². The number of hydrogen-bond donors (Lipinski definition) is 1. The molecule has 0 aliphatic heterocycles. The van der Waals surface area contributed by atoms with Crippen LogP contribution in [0.3, 0.4) is 0 Å². The first kappa shape index (κ1) is 15.4. The molecule has 112 valence electrons. The molecule has 0 amide bonds. The molecule has 0 saturated heterocycles. The SMILES string of the molecule is CC[C@H](c1cnccn1)[C@@](O)(CC)c1ccc(OC)cc1. The summed E-state index contributed by atoms with van der Waals surface area (Å²) in [5.74, 6) is 0.689. The van der Waals surface area contributed by atoms with Crippen molar-refractivity contribution in [3.63, 3.8) is 0 Å². The van der Waals surface area contributed by atoms with Crippen LogP contribution < -0.4 is 4.74 Å². The van der Waals surface area contributed by atoms with Gasteiger partial charge in [0.1, 0.15) is 5.75 Å². The van der Waals surface area contributed by atoms with Crippen LogP contribution in [0.2, 0.25) is 0 Å². The Bertz CT molecular complexity index is 557. The molecular weight excluding hydrogens is 264 g/mol. The van der Waals surface area contributed by atoms with Gasteiger partial charge in [0.25, 0.3) is 0 Å².